The lowest BCUT2D eigenvalue weighted by Crippen LogP contribution is -2.25. The molecule has 36 heavy (non-hydrogen) atoms. The van der Waals surface area contributed by atoms with Gasteiger partial charge in [0, 0.05) is 17.8 Å². The van der Waals surface area contributed by atoms with Crippen molar-refractivity contribution in [2.45, 2.75) is 13.1 Å². The molecule has 0 spiro atoms. The number of pyridine rings is 2. The highest BCUT2D eigenvalue weighted by Gasteiger charge is 2.16. The number of hydrogen-bond acceptors (Lipinski definition) is 11. The number of nitrogens with two attached hydrogens (primary N) is 1. The molecule has 11 nitrogen and oxygen atoms in total. The van der Waals surface area contributed by atoms with Gasteiger partial charge in [0.05, 0.1) is 35.6 Å². The van der Waals surface area contributed by atoms with Gasteiger partial charge in [-0.2, -0.15) is 15.0 Å². The fraction of sp³-hybridized carbons (Fsp3) is 0.0800. The summed E-state index contributed by atoms with van der Waals surface area (Å²) in [5.41, 5.74) is 7.94. The summed E-state index contributed by atoms with van der Waals surface area (Å²) in [6.07, 6.45) is 3.43. The van der Waals surface area contributed by atoms with E-state index in [9.17, 15) is 10.2 Å². The van der Waals surface area contributed by atoms with Gasteiger partial charge in [-0.1, -0.05) is 24.3 Å². The lowest BCUT2D eigenvalue weighted by atomic mass is 10.1. The van der Waals surface area contributed by atoms with Crippen LogP contribution in [0.4, 0.5) is 23.5 Å². The Balaban J connectivity index is 1.51. The fourth-order valence-electron chi connectivity index (χ4n) is 3.66. The first-order chi connectivity index (χ1) is 17.6. The number of phenols is 2. The van der Waals surface area contributed by atoms with Gasteiger partial charge >= 0.3 is 0 Å². The van der Waals surface area contributed by atoms with E-state index in [0.29, 0.717) is 29.5 Å². The molecule has 178 valence electrons. The molecule has 0 saturated carbocycles. The van der Waals surface area contributed by atoms with Gasteiger partial charge in [0.1, 0.15) is 11.5 Å². The summed E-state index contributed by atoms with van der Waals surface area (Å²) >= 11 is 0. The molecule has 0 fully saturated rings. The molecule has 0 atom stereocenters. The van der Waals surface area contributed by atoms with E-state index >= 15 is 0 Å². The number of benzene rings is 2. The minimum Gasteiger partial charge on any atom is -0.507 e. The van der Waals surface area contributed by atoms with Crippen LogP contribution in [0.25, 0.3) is 10.8 Å². The summed E-state index contributed by atoms with van der Waals surface area (Å²) in [5, 5.41) is 29.6. The average Bonchev–Trinajstić information content (AvgIpc) is 2.89. The predicted molar refractivity (Wildman–Crippen MR) is 134 cm³/mol. The maximum atomic E-state index is 10.3. The summed E-state index contributed by atoms with van der Waals surface area (Å²) in [6.45, 7) is 0.793. The minimum atomic E-state index is -0.0369. The Labute approximate surface area is 205 Å². The minimum absolute atomic E-state index is 0.0128. The summed E-state index contributed by atoms with van der Waals surface area (Å²) in [6, 6.07) is 19.1. The second kappa shape index (κ2) is 9.97. The third kappa shape index (κ3) is 4.99. The maximum Gasteiger partial charge on any atom is 0.275 e. The molecule has 0 radical (unpaired) electrons. The Morgan fingerprint density at radius 1 is 0.722 bits per heavy atom. The van der Waals surface area contributed by atoms with Gasteiger partial charge in [0.15, 0.2) is 0 Å². The number of aromatic nitrogens is 5. The second-order valence-corrected chi connectivity index (χ2v) is 7.80. The highest BCUT2D eigenvalue weighted by Crippen LogP contribution is 2.38. The number of phenolic OH excluding ortho intramolecular Hbond substituents is 2. The van der Waals surface area contributed by atoms with Gasteiger partial charge in [-0.3, -0.25) is 9.97 Å². The van der Waals surface area contributed by atoms with Gasteiger partial charge in [0.2, 0.25) is 11.9 Å². The summed E-state index contributed by atoms with van der Waals surface area (Å²) in [4.78, 5) is 23.5. The molecular formula is C25H21N9O2. The van der Waals surface area contributed by atoms with Crippen LogP contribution in [-0.4, -0.2) is 35.1 Å². The smallest absolute Gasteiger partial charge is 0.275 e. The van der Waals surface area contributed by atoms with Crippen LogP contribution in [0.3, 0.4) is 0 Å². The van der Waals surface area contributed by atoms with Gasteiger partial charge in [-0.15, -0.1) is 10.2 Å². The Bertz CT molecular complexity index is 1490. The molecule has 11 heteroatoms. The van der Waals surface area contributed by atoms with Crippen molar-refractivity contribution >= 4 is 34.3 Å². The van der Waals surface area contributed by atoms with E-state index in [2.05, 4.69) is 35.1 Å². The van der Waals surface area contributed by atoms with Gasteiger partial charge in [0.25, 0.3) is 5.95 Å². The van der Waals surface area contributed by atoms with Crippen LogP contribution in [-0.2, 0) is 13.1 Å². The molecule has 0 unspecified atom stereocenters. The van der Waals surface area contributed by atoms with Crippen LogP contribution >= 0.6 is 0 Å². The van der Waals surface area contributed by atoms with Crippen LogP contribution < -0.4 is 10.6 Å². The van der Waals surface area contributed by atoms with Crippen molar-refractivity contribution in [1.29, 1.82) is 0 Å². The molecule has 0 amide bonds. The van der Waals surface area contributed by atoms with Crippen LogP contribution in [0.15, 0.2) is 89.4 Å². The number of hydrogen-bond donors (Lipinski definition) is 3. The molecule has 0 aliphatic rings. The Morgan fingerprint density at radius 3 is 2.11 bits per heavy atom. The Kier molecular flexibility index (Phi) is 6.26. The van der Waals surface area contributed by atoms with Crippen molar-refractivity contribution in [3.05, 3.63) is 90.5 Å². The van der Waals surface area contributed by atoms with Crippen molar-refractivity contribution < 1.29 is 10.2 Å². The number of nitrogens with zero attached hydrogens (tertiary/aromatic N) is 8. The molecule has 5 aromatic rings. The molecule has 0 aliphatic heterocycles. The number of aromatic hydroxyl groups is 2. The SMILES string of the molecule is Nc1nc(N=Nc2ccc(O)c3cccc(O)c23)nc(N(Cc2ccccn2)Cc2ccccn2)n1. The van der Waals surface area contributed by atoms with Crippen LogP contribution in [0, 0.1) is 0 Å². The van der Waals surface area contributed by atoms with Crippen LogP contribution in [0.1, 0.15) is 11.4 Å². The van der Waals surface area contributed by atoms with Gasteiger partial charge in [-0.05, 0) is 42.5 Å². The second-order valence-electron chi connectivity index (χ2n) is 7.80. The first kappa shape index (κ1) is 22.6. The lowest BCUT2D eigenvalue weighted by Gasteiger charge is -2.22. The zero-order valence-corrected chi connectivity index (χ0v) is 19.0. The number of anilines is 2. The fourth-order valence-corrected chi connectivity index (χ4v) is 3.66. The molecule has 0 bridgehead atoms. The van der Waals surface area contributed by atoms with Gasteiger partial charge < -0.3 is 20.8 Å². The van der Waals surface area contributed by atoms with Crippen LogP contribution in [0.2, 0.25) is 0 Å². The number of rotatable bonds is 7. The molecule has 2 aromatic carbocycles. The summed E-state index contributed by atoms with van der Waals surface area (Å²) in [5.74, 6) is 0.225. The standard InChI is InChI=1S/C25H21N9O2/c26-23-29-24(33-32-19-10-11-20(35)18-8-5-9-21(36)22(18)19)31-25(30-23)34(14-16-6-1-3-12-27-16)15-17-7-2-4-13-28-17/h1-13,35-36H,14-15H2,(H2,26,29,30,31). The van der Waals surface area contributed by atoms with E-state index < -0.39 is 0 Å². The molecule has 3 aromatic heterocycles. The zero-order chi connectivity index (χ0) is 24.9. The zero-order valence-electron chi connectivity index (χ0n) is 19.0. The molecule has 5 rings (SSSR count). The van der Waals surface area contributed by atoms with Crippen LogP contribution in [0.5, 0.6) is 11.5 Å². The van der Waals surface area contributed by atoms with E-state index in [4.69, 9.17) is 5.73 Å². The van der Waals surface area contributed by atoms with E-state index in [1.54, 1.807) is 30.6 Å². The summed E-state index contributed by atoms with van der Waals surface area (Å²) < 4.78 is 0. The Morgan fingerprint density at radius 2 is 1.44 bits per heavy atom. The largest absolute Gasteiger partial charge is 0.507 e. The normalized spacial score (nSPS) is 11.2. The lowest BCUT2D eigenvalue weighted by molar-refractivity contribution is 0.475. The molecule has 0 saturated heterocycles. The molecule has 0 aliphatic carbocycles. The predicted octanol–water partition coefficient (Wildman–Crippen LogP) is 4.43. The van der Waals surface area contributed by atoms with E-state index in [0.717, 1.165) is 11.4 Å². The number of fused-ring (bicyclic) bond motifs is 1. The van der Waals surface area contributed by atoms with Crippen molar-refractivity contribution in [2.75, 3.05) is 10.6 Å². The highest BCUT2D eigenvalue weighted by molar-refractivity contribution is 6.00. The van der Waals surface area contributed by atoms with E-state index in [1.165, 1.54) is 12.1 Å². The molecule has 3 heterocycles. The summed E-state index contributed by atoms with van der Waals surface area (Å²) in [7, 11) is 0. The monoisotopic (exact) mass is 479 g/mol. The topological polar surface area (TPSA) is 159 Å². The van der Waals surface area contributed by atoms with Crippen molar-refractivity contribution in [1.82, 2.24) is 24.9 Å². The molecule has 4 N–H and O–H groups in total. The molecular weight excluding hydrogens is 458 g/mol. The quantitative estimate of drug-likeness (QED) is 0.287. The van der Waals surface area contributed by atoms with Crippen molar-refractivity contribution in [3.63, 3.8) is 0 Å². The average molecular weight is 480 g/mol. The number of azo groups is 1. The maximum absolute atomic E-state index is 10.3. The third-order valence-electron chi connectivity index (χ3n) is 5.29. The van der Waals surface area contributed by atoms with Gasteiger partial charge in [-0.25, -0.2) is 0 Å². The number of nitrogen functional groups attached to an aromatic ring is 1. The first-order valence-corrected chi connectivity index (χ1v) is 11.0. The first-order valence-electron chi connectivity index (χ1n) is 11.0. The van der Waals surface area contributed by atoms with E-state index in [-0.39, 0.29) is 29.3 Å². The highest BCUT2D eigenvalue weighted by atomic mass is 16.3. The van der Waals surface area contributed by atoms with Crippen molar-refractivity contribution in [2.24, 2.45) is 10.2 Å². The Hall–Kier alpha value is -5.19. The third-order valence-corrected chi connectivity index (χ3v) is 5.29. The van der Waals surface area contributed by atoms with Crippen molar-refractivity contribution in [3.8, 4) is 11.5 Å². The van der Waals surface area contributed by atoms with E-state index in [1.807, 2.05) is 41.3 Å².